The average molecular weight is 515 g/mol. The highest BCUT2D eigenvalue weighted by molar-refractivity contribution is 9.10. The average Bonchev–Trinajstić information content (AvgIpc) is 2.70. The fraction of sp³-hybridized carbons (Fsp3) is 0.300. The van der Waals surface area contributed by atoms with E-state index in [0.717, 1.165) is 12.8 Å². The number of carbonyl (C=O) groups is 1. The Hall–Kier alpha value is -2.23. The molecule has 0 aliphatic rings. The van der Waals surface area contributed by atoms with Crippen molar-refractivity contribution in [3.8, 4) is 5.75 Å². The Bertz CT molecular complexity index is 942. The van der Waals surface area contributed by atoms with Crippen LogP contribution in [0.3, 0.4) is 0 Å². The Morgan fingerprint density at radius 2 is 2.00 bits per heavy atom. The maximum atomic E-state index is 12.4. The summed E-state index contributed by atoms with van der Waals surface area (Å²) in [7, 11) is 0. The molecule has 0 heterocycles. The number of non-ortho nitro benzene ring substituents is 1. The molecule has 0 saturated heterocycles. The lowest BCUT2D eigenvalue weighted by Crippen LogP contribution is -2.34. The van der Waals surface area contributed by atoms with E-state index in [-0.39, 0.29) is 15.8 Å². The van der Waals surface area contributed by atoms with Crippen molar-refractivity contribution in [2.24, 2.45) is 0 Å². The summed E-state index contributed by atoms with van der Waals surface area (Å²) in [5, 5.41) is 16.2. The number of amides is 1. The number of halogens is 2. The van der Waals surface area contributed by atoms with E-state index in [1.54, 1.807) is 18.2 Å². The number of hydrogen-bond acceptors (Lipinski definition) is 5. The lowest BCUT2D eigenvalue weighted by atomic mass is 10.2. The molecule has 2 aromatic rings. The van der Waals surface area contributed by atoms with Crippen molar-refractivity contribution in [1.29, 1.82) is 0 Å². The highest BCUT2D eigenvalue weighted by Gasteiger charge is 2.13. The van der Waals surface area contributed by atoms with Gasteiger partial charge in [0, 0.05) is 17.7 Å². The fourth-order valence-corrected chi connectivity index (χ4v) is 3.44. The molecule has 0 fully saturated rings. The van der Waals surface area contributed by atoms with Crippen molar-refractivity contribution >= 4 is 62.1 Å². The monoisotopic (exact) mass is 513 g/mol. The number of ether oxygens (including phenoxy) is 1. The molecule has 30 heavy (non-hydrogen) atoms. The molecule has 10 heteroatoms. The van der Waals surface area contributed by atoms with Gasteiger partial charge in [-0.05, 0) is 58.8 Å². The molecule has 0 aliphatic carbocycles. The molecule has 2 rings (SSSR count). The number of rotatable bonds is 9. The first-order chi connectivity index (χ1) is 14.3. The normalized spacial score (nSPS) is 10.4. The summed E-state index contributed by atoms with van der Waals surface area (Å²) < 4.78 is 6.41. The Morgan fingerprint density at radius 3 is 2.63 bits per heavy atom. The number of nitro benzene ring substituents is 1. The molecule has 0 aromatic heterocycles. The summed E-state index contributed by atoms with van der Waals surface area (Å²) in [4.78, 5) is 22.7. The summed E-state index contributed by atoms with van der Waals surface area (Å²) in [6.07, 6.45) is 4.45. The quantitative estimate of drug-likeness (QED) is 0.182. The van der Waals surface area contributed by atoms with Gasteiger partial charge >= 0.3 is 0 Å². The van der Waals surface area contributed by atoms with Gasteiger partial charge in [0.1, 0.15) is 5.75 Å². The van der Waals surface area contributed by atoms with Gasteiger partial charge in [-0.15, -0.1) is 0 Å². The summed E-state index contributed by atoms with van der Waals surface area (Å²) in [5.41, 5.74) is 0.595. The molecule has 0 atom stereocenters. The Labute approximate surface area is 193 Å². The van der Waals surface area contributed by atoms with Crippen molar-refractivity contribution in [3.05, 3.63) is 61.6 Å². The SMILES string of the molecule is CCCCCCOc1ccc(C(=O)NC(=S)Nc2ccc([N+](=O)[O-])cc2Cl)cc1Br. The van der Waals surface area contributed by atoms with E-state index >= 15 is 0 Å². The van der Waals surface area contributed by atoms with Crippen LogP contribution in [0, 0.1) is 10.1 Å². The molecular formula is C20H21BrClN3O4S. The second kappa shape index (κ2) is 11.8. The van der Waals surface area contributed by atoms with E-state index in [9.17, 15) is 14.9 Å². The zero-order chi connectivity index (χ0) is 22.1. The number of nitrogens with zero attached hydrogens (tertiary/aromatic N) is 1. The number of anilines is 1. The van der Waals surface area contributed by atoms with Gasteiger partial charge in [-0.3, -0.25) is 20.2 Å². The number of benzene rings is 2. The summed E-state index contributed by atoms with van der Waals surface area (Å²) >= 11 is 14.6. The first-order valence-electron chi connectivity index (χ1n) is 9.30. The van der Waals surface area contributed by atoms with Crippen LogP contribution in [0.2, 0.25) is 5.02 Å². The summed E-state index contributed by atoms with van der Waals surface area (Å²) in [6, 6.07) is 8.93. The number of thiocarbonyl (C=S) groups is 1. The third kappa shape index (κ3) is 7.23. The maximum absolute atomic E-state index is 12.4. The minimum Gasteiger partial charge on any atom is -0.492 e. The van der Waals surface area contributed by atoms with E-state index < -0.39 is 10.8 Å². The predicted molar refractivity (Wildman–Crippen MR) is 126 cm³/mol. The van der Waals surface area contributed by atoms with Crippen LogP contribution >= 0.6 is 39.7 Å². The Balaban J connectivity index is 1.93. The van der Waals surface area contributed by atoms with Crippen LogP contribution in [0.25, 0.3) is 0 Å². The van der Waals surface area contributed by atoms with Gasteiger partial charge in [0.05, 0.1) is 26.7 Å². The highest BCUT2D eigenvalue weighted by atomic mass is 79.9. The molecule has 0 radical (unpaired) electrons. The standard InChI is InChI=1S/C20H21BrClN3O4S/c1-2-3-4-5-10-29-18-9-6-13(11-15(18)21)19(26)24-20(30)23-17-8-7-14(25(27)28)12-16(17)22/h6-9,11-12H,2-5,10H2,1H3,(H2,23,24,26,30). The minimum absolute atomic E-state index is 0.0168. The van der Waals surface area contributed by atoms with Gasteiger partial charge in [0.25, 0.3) is 11.6 Å². The smallest absolute Gasteiger partial charge is 0.271 e. The second-order valence-corrected chi connectivity index (χ2v) is 8.05. The molecule has 0 spiro atoms. The van der Waals surface area contributed by atoms with Crippen molar-refractivity contribution < 1.29 is 14.5 Å². The van der Waals surface area contributed by atoms with E-state index in [2.05, 4.69) is 33.5 Å². The topological polar surface area (TPSA) is 93.5 Å². The van der Waals surface area contributed by atoms with Crippen molar-refractivity contribution in [2.45, 2.75) is 32.6 Å². The van der Waals surface area contributed by atoms with E-state index in [4.69, 9.17) is 28.6 Å². The van der Waals surface area contributed by atoms with Gasteiger partial charge in [0.2, 0.25) is 0 Å². The largest absolute Gasteiger partial charge is 0.492 e. The molecule has 2 aromatic carbocycles. The van der Waals surface area contributed by atoms with Crippen molar-refractivity contribution in [2.75, 3.05) is 11.9 Å². The third-order valence-electron chi connectivity index (χ3n) is 4.09. The van der Waals surface area contributed by atoms with Crippen LogP contribution in [0.4, 0.5) is 11.4 Å². The van der Waals surface area contributed by atoms with Crippen LogP contribution in [-0.4, -0.2) is 22.5 Å². The predicted octanol–water partition coefficient (Wildman–Crippen LogP) is 6.10. The van der Waals surface area contributed by atoms with Crippen LogP contribution in [0.1, 0.15) is 43.0 Å². The molecule has 0 saturated carbocycles. The Morgan fingerprint density at radius 1 is 1.23 bits per heavy atom. The number of hydrogen-bond donors (Lipinski definition) is 2. The summed E-state index contributed by atoms with van der Waals surface area (Å²) in [6.45, 7) is 2.77. The Kier molecular flexibility index (Phi) is 9.48. The molecule has 2 N–H and O–H groups in total. The van der Waals surface area contributed by atoms with E-state index in [1.165, 1.54) is 31.0 Å². The van der Waals surface area contributed by atoms with Crippen molar-refractivity contribution in [1.82, 2.24) is 5.32 Å². The summed E-state index contributed by atoms with van der Waals surface area (Å²) in [5.74, 6) is 0.252. The molecule has 0 aliphatic heterocycles. The van der Waals surface area contributed by atoms with Gasteiger partial charge < -0.3 is 10.1 Å². The van der Waals surface area contributed by atoms with Gasteiger partial charge in [-0.1, -0.05) is 37.8 Å². The van der Waals surface area contributed by atoms with Crippen LogP contribution in [0.5, 0.6) is 5.75 Å². The lowest BCUT2D eigenvalue weighted by molar-refractivity contribution is -0.384. The highest BCUT2D eigenvalue weighted by Crippen LogP contribution is 2.27. The van der Waals surface area contributed by atoms with E-state index in [1.807, 2.05) is 0 Å². The van der Waals surface area contributed by atoms with Crippen LogP contribution < -0.4 is 15.4 Å². The molecule has 160 valence electrons. The zero-order valence-corrected chi connectivity index (χ0v) is 19.4. The van der Waals surface area contributed by atoms with Crippen LogP contribution in [-0.2, 0) is 0 Å². The number of nitro groups is 1. The van der Waals surface area contributed by atoms with Crippen LogP contribution in [0.15, 0.2) is 40.9 Å². The first-order valence-corrected chi connectivity index (χ1v) is 10.9. The molecular weight excluding hydrogens is 494 g/mol. The molecule has 7 nitrogen and oxygen atoms in total. The van der Waals surface area contributed by atoms with Crippen molar-refractivity contribution in [3.63, 3.8) is 0 Å². The third-order valence-corrected chi connectivity index (χ3v) is 5.22. The maximum Gasteiger partial charge on any atom is 0.271 e. The molecule has 0 unspecified atom stereocenters. The van der Waals surface area contributed by atoms with Gasteiger partial charge in [0.15, 0.2) is 5.11 Å². The number of unbranched alkanes of at least 4 members (excludes halogenated alkanes) is 3. The van der Waals surface area contributed by atoms with E-state index in [0.29, 0.717) is 28.1 Å². The van der Waals surface area contributed by atoms with Gasteiger partial charge in [-0.2, -0.15) is 0 Å². The first kappa shape index (κ1) is 24.0. The van der Waals surface area contributed by atoms with Gasteiger partial charge in [-0.25, -0.2) is 0 Å². The zero-order valence-electron chi connectivity index (χ0n) is 16.2. The fourth-order valence-electron chi connectivity index (χ4n) is 2.52. The molecule has 0 bridgehead atoms. The minimum atomic E-state index is -0.549. The molecule has 1 amide bonds. The number of carbonyl (C=O) groups excluding carboxylic acids is 1. The second-order valence-electron chi connectivity index (χ2n) is 6.38. The number of nitrogens with one attached hydrogen (secondary N) is 2. The lowest BCUT2D eigenvalue weighted by Gasteiger charge is -2.12.